The average Bonchev–Trinajstić information content (AvgIpc) is 3.17. The van der Waals surface area contributed by atoms with Crippen LogP contribution < -0.4 is 0 Å². The van der Waals surface area contributed by atoms with E-state index in [0.29, 0.717) is 35.9 Å². The fourth-order valence-electron chi connectivity index (χ4n) is 2.36. The van der Waals surface area contributed by atoms with Crippen LogP contribution in [0.25, 0.3) is 11.4 Å². The van der Waals surface area contributed by atoms with E-state index < -0.39 is 0 Å². The topological polar surface area (TPSA) is 82.5 Å². The second-order valence-electron chi connectivity index (χ2n) is 6.62. The summed E-state index contributed by atoms with van der Waals surface area (Å²) in [5.74, 6) is 2.77. The third kappa shape index (κ3) is 3.84. The monoisotopic (exact) mass is 326 g/mol. The van der Waals surface area contributed by atoms with E-state index >= 15 is 0 Å². The minimum absolute atomic E-state index is 0.346. The lowest BCUT2D eigenvalue weighted by Gasteiger charge is -2.04. The van der Waals surface area contributed by atoms with Crippen LogP contribution in [0.3, 0.4) is 0 Å². The third-order valence-electron chi connectivity index (χ3n) is 3.66. The van der Waals surface area contributed by atoms with Crippen molar-refractivity contribution in [1.82, 2.24) is 30.3 Å². The first-order valence-electron chi connectivity index (χ1n) is 8.21. The Morgan fingerprint density at radius 1 is 1.08 bits per heavy atom. The SMILES string of the molecule is CC(C)Cc1nc(Cn2nnc(-c3ccc(C(C)C)cc3)n2)no1. The Hall–Kier alpha value is -2.57. The van der Waals surface area contributed by atoms with Crippen molar-refractivity contribution in [3.8, 4) is 11.4 Å². The van der Waals surface area contributed by atoms with Gasteiger partial charge in [0.2, 0.25) is 11.7 Å². The van der Waals surface area contributed by atoms with Crippen molar-refractivity contribution >= 4 is 0 Å². The molecule has 2 heterocycles. The molecule has 0 bridgehead atoms. The predicted molar refractivity (Wildman–Crippen MR) is 89.3 cm³/mol. The number of hydrogen-bond acceptors (Lipinski definition) is 6. The van der Waals surface area contributed by atoms with Crippen molar-refractivity contribution in [3.05, 3.63) is 41.5 Å². The van der Waals surface area contributed by atoms with Crippen molar-refractivity contribution in [3.63, 3.8) is 0 Å². The molecule has 24 heavy (non-hydrogen) atoms. The Morgan fingerprint density at radius 3 is 2.50 bits per heavy atom. The van der Waals surface area contributed by atoms with Crippen LogP contribution in [0.4, 0.5) is 0 Å². The summed E-state index contributed by atoms with van der Waals surface area (Å²) in [6.45, 7) is 8.90. The summed E-state index contributed by atoms with van der Waals surface area (Å²) in [7, 11) is 0. The Balaban J connectivity index is 1.70. The summed E-state index contributed by atoms with van der Waals surface area (Å²) in [6.07, 6.45) is 0.769. The van der Waals surface area contributed by atoms with Gasteiger partial charge in [0.1, 0.15) is 6.54 Å². The fourth-order valence-corrected chi connectivity index (χ4v) is 2.36. The van der Waals surface area contributed by atoms with Gasteiger partial charge in [-0.15, -0.1) is 10.2 Å². The van der Waals surface area contributed by atoms with Crippen LogP contribution in [0.15, 0.2) is 28.8 Å². The molecule has 0 aliphatic rings. The highest BCUT2D eigenvalue weighted by atomic mass is 16.5. The molecule has 0 aliphatic carbocycles. The van der Waals surface area contributed by atoms with Crippen LogP contribution in [0.2, 0.25) is 0 Å². The molecule has 3 rings (SSSR count). The lowest BCUT2D eigenvalue weighted by atomic mass is 10.0. The number of hydrogen-bond donors (Lipinski definition) is 0. The summed E-state index contributed by atoms with van der Waals surface area (Å²) in [5.41, 5.74) is 2.23. The Kier molecular flexibility index (Phi) is 4.69. The van der Waals surface area contributed by atoms with Crippen molar-refractivity contribution in [2.45, 2.75) is 46.6 Å². The van der Waals surface area contributed by atoms with Gasteiger partial charge < -0.3 is 4.52 Å². The van der Waals surface area contributed by atoms with E-state index in [1.54, 1.807) is 0 Å². The van der Waals surface area contributed by atoms with Crippen molar-refractivity contribution in [2.75, 3.05) is 0 Å². The van der Waals surface area contributed by atoms with Crippen LogP contribution in [0.1, 0.15) is 50.9 Å². The Labute approximate surface area is 141 Å². The van der Waals surface area contributed by atoms with E-state index in [1.165, 1.54) is 10.4 Å². The molecule has 0 spiro atoms. The molecule has 0 amide bonds. The van der Waals surface area contributed by atoms with Gasteiger partial charge in [0, 0.05) is 12.0 Å². The van der Waals surface area contributed by atoms with Crippen LogP contribution in [-0.2, 0) is 13.0 Å². The molecular weight excluding hydrogens is 304 g/mol. The van der Waals surface area contributed by atoms with E-state index in [4.69, 9.17) is 4.52 Å². The standard InChI is InChI=1S/C17H22N6O/c1-11(2)9-16-18-15(21-24-16)10-23-20-17(19-22-23)14-7-5-13(6-8-14)12(3)4/h5-8,11-12H,9-10H2,1-4H3. The minimum atomic E-state index is 0.346. The van der Waals surface area contributed by atoms with E-state index in [0.717, 1.165) is 12.0 Å². The molecule has 0 radical (unpaired) electrons. The van der Waals surface area contributed by atoms with Gasteiger partial charge in [-0.1, -0.05) is 57.1 Å². The van der Waals surface area contributed by atoms with E-state index in [2.05, 4.69) is 65.4 Å². The van der Waals surface area contributed by atoms with E-state index in [9.17, 15) is 0 Å². The maximum absolute atomic E-state index is 5.22. The van der Waals surface area contributed by atoms with Gasteiger partial charge in [-0.3, -0.25) is 0 Å². The summed E-state index contributed by atoms with van der Waals surface area (Å²) in [6, 6.07) is 8.23. The van der Waals surface area contributed by atoms with Crippen LogP contribution >= 0.6 is 0 Å². The number of rotatable bonds is 6. The Morgan fingerprint density at radius 2 is 1.83 bits per heavy atom. The van der Waals surface area contributed by atoms with E-state index in [1.807, 2.05) is 12.1 Å². The third-order valence-corrected chi connectivity index (χ3v) is 3.66. The normalized spacial score (nSPS) is 11.6. The molecule has 0 atom stereocenters. The van der Waals surface area contributed by atoms with Gasteiger partial charge in [0.05, 0.1) is 0 Å². The van der Waals surface area contributed by atoms with Gasteiger partial charge in [-0.2, -0.15) is 9.78 Å². The number of nitrogens with zero attached hydrogens (tertiary/aromatic N) is 6. The molecule has 0 N–H and O–H groups in total. The number of tetrazole rings is 1. The molecular formula is C17H22N6O. The Bertz CT molecular complexity index is 788. The minimum Gasteiger partial charge on any atom is -0.339 e. The highest BCUT2D eigenvalue weighted by Gasteiger charge is 2.12. The number of aromatic nitrogens is 6. The maximum Gasteiger partial charge on any atom is 0.226 e. The molecule has 2 aromatic heterocycles. The number of benzene rings is 1. The molecule has 7 heteroatoms. The zero-order chi connectivity index (χ0) is 17.1. The summed E-state index contributed by atoms with van der Waals surface area (Å²) < 4.78 is 5.22. The van der Waals surface area contributed by atoms with Gasteiger partial charge in [0.25, 0.3) is 0 Å². The molecule has 0 saturated heterocycles. The quantitative estimate of drug-likeness (QED) is 0.692. The fraction of sp³-hybridized carbons (Fsp3) is 0.471. The van der Waals surface area contributed by atoms with Crippen LogP contribution in [0, 0.1) is 5.92 Å². The molecule has 0 aliphatic heterocycles. The second-order valence-corrected chi connectivity index (χ2v) is 6.62. The molecule has 1 aromatic carbocycles. The molecule has 0 unspecified atom stereocenters. The van der Waals surface area contributed by atoms with Gasteiger partial charge >= 0.3 is 0 Å². The summed E-state index contributed by atoms with van der Waals surface area (Å²) in [4.78, 5) is 5.83. The largest absolute Gasteiger partial charge is 0.339 e. The first-order chi connectivity index (χ1) is 11.5. The van der Waals surface area contributed by atoms with E-state index in [-0.39, 0.29) is 0 Å². The van der Waals surface area contributed by atoms with Crippen LogP contribution in [-0.4, -0.2) is 30.3 Å². The molecule has 0 saturated carbocycles. The molecule has 126 valence electrons. The average molecular weight is 326 g/mol. The zero-order valence-corrected chi connectivity index (χ0v) is 14.5. The smallest absolute Gasteiger partial charge is 0.226 e. The first-order valence-corrected chi connectivity index (χ1v) is 8.21. The summed E-state index contributed by atoms with van der Waals surface area (Å²) in [5, 5.41) is 16.5. The lowest BCUT2D eigenvalue weighted by Crippen LogP contribution is -2.06. The highest BCUT2D eigenvalue weighted by Crippen LogP contribution is 2.19. The van der Waals surface area contributed by atoms with Crippen molar-refractivity contribution in [1.29, 1.82) is 0 Å². The van der Waals surface area contributed by atoms with Gasteiger partial charge in [0.15, 0.2) is 5.82 Å². The molecule has 3 aromatic rings. The first kappa shape index (κ1) is 16.3. The highest BCUT2D eigenvalue weighted by molar-refractivity contribution is 5.54. The van der Waals surface area contributed by atoms with Crippen LogP contribution in [0.5, 0.6) is 0 Å². The zero-order valence-electron chi connectivity index (χ0n) is 14.5. The van der Waals surface area contributed by atoms with Gasteiger partial charge in [-0.25, -0.2) is 0 Å². The van der Waals surface area contributed by atoms with Crippen molar-refractivity contribution < 1.29 is 4.52 Å². The lowest BCUT2D eigenvalue weighted by molar-refractivity contribution is 0.356. The maximum atomic E-state index is 5.22. The molecule has 7 nitrogen and oxygen atoms in total. The second kappa shape index (κ2) is 6.90. The molecule has 0 fully saturated rings. The predicted octanol–water partition coefficient (Wildman–Crippen LogP) is 3.09. The van der Waals surface area contributed by atoms with Crippen molar-refractivity contribution in [2.24, 2.45) is 5.92 Å². The van der Waals surface area contributed by atoms with Gasteiger partial charge in [-0.05, 0) is 22.6 Å². The summed E-state index contributed by atoms with van der Waals surface area (Å²) >= 11 is 0.